The number of fused-ring (bicyclic) bond motifs is 6. The molecule has 2 heteroatoms. The fourth-order valence-corrected chi connectivity index (χ4v) is 6.77. The first-order valence-corrected chi connectivity index (χ1v) is 17.0. The first kappa shape index (κ1) is 31.0. The Balaban J connectivity index is 0.000000152. The van der Waals surface area contributed by atoms with Crippen LogP contribution in [0.4, 0.5) is 0 Å². The molecule has 0 unspecified atom stereocenters. The molecular weight excluding hydrogens is 581 g/mol. The maximum atomic E-state index is 2.39. The van der Waals surface area contributed by atoms with Crippen LogP contribution in [0.1, 0.15) is 47.2 Å². The van der Waals surface area contributed by atoms with Crippen molar-refractivity contribution >= 4 is 67.9 Å². The van der Waals surface area contributed by atoms with Crippen LogP contribution in [0.2, 0.25) is 0 Å². The van der Waals surface area contributed by atoms with Crippen LogP contribution >= 0.6 is 0 Å². The Hall–Kier alpha value is -5.60. The van der Waals surface area contributed by atoms with E-state index in [1.165, 1.54) is 77.0 Å². The van der Waals surface area contributed by atoms with Crippen molar-refractivity contribution in [3.63, 3.8) is 0 Å². The normalized spacial score (nSPS) is 11.8. The number of rotatable bonds is 6. The van der Waals surface area contributed by atoms with Crippen molar-refractivity contribution in [2.75, 3.05) is 0 Å². The quantitative estimate of drug-likeness (QED) is 0.163. The van der Waals surface area contributed by atoms with Crippen LogP contribution in [-0.4, -0.2) is 9.13 Å². The highest BCUT2D eigenvalue weighted by molar-refractivity contribution is 6.09. The highest BCUT2D eigenvalue weighted by Gasteiger charge is 2.10. The molecule has 0 spiro atoms. The zero-order chi connectivity index (χ0) is 33.0. The van der Waals surface area contributed by atoms with Gasteiger partial charge < -0.3 is 9.13 Å². The van der Waals surface area contributed by atoms with Crippen LogP contribution in [-0.2, 0) is 13.1 Å². The molecule has 0 atom stereocenters. The monoisotopic (exact) mass is 622 g/mol. The van der Waals surface area contributed by atoms with Gasteiger partial charge in [-0.3, -0.25) is 0 Å². The second kappa shape index (κ2) is 13.6. The molecule has 0 saturated carbocycles. The lowest BCUT2D eigenvalue weighted by atomic mass is 10.1. The Kier molecular flexibility index (Phi) is 8.81. The van der Waals surface area contributed by atoms with E-state index in [0.717, 1.165) is 13.1 Å². The second-order valence-corrected chi connectivity index (χ2v) is 12.6. The predicted molar refractivity (Wildman–Crippen MR) is 210 cm³/mol. The topological polar surface area (TPSA) is 9.86 Å². The van der Waals surface area contributed by atoms with Gasteiger partial charge in [0.15, 0.2) is 0 Å². The van der Waals surface area contributed by atoms with Gasteiger partial charge in [0.2, 0.25) is 0 Å². The minimum absolute atomic E-state index is 0.989. The predicted octanol–water partition coefficient (Wildman–Crippen LogP) is 12.6. The van der Waals surface area contributed by atoms with Crippen molar-refractivity contribution in [3.8, 4) is 0 Å². The van der Waals surface area contributed by atoms with Crippen molar-refractivity contribution in [1.82, 2.24) is 9.13 Å². The van der Waals surface area contributed by atoms with Crippen molar-refractivity contribution in [2.24, 2.45) is 0 Å². The Morgan fingerprint density at radius 2 is 0.708 bits per heavy atom. The molecule has 0 amide bonds. The fraction of sp³-hybridized carbons (Fsp3) is 0.130. The van der Waals surface area contributed by atoms with Crippen LogP contribution in [0.3, 0.4) is 0 Å². The fourth-order valence-electron chi connectivity index (χ4n) is 6.77. The van der Waals surface area contributed by atoms with E-state index in [2.05, 4.69) is 195 Å². The van der Waals surface area contributed by atoms with E-state index in [-0.39, 0.29) is 0 Å². The van der Waals surface area contributed by atoms with E-state index in [1.807, 2.05) is 0 Å². The highest BCUT2D eigenvalue weighted by atomic mass is 15.0. The third-order valence-corrected chi connectivity index (χ3v) is 9.32. The number of nitrogens with zero attached hydrogens (tertiary/aromatic N) is 2. The summed E-state index contributed by atoms with van der Waals surface area (Å²) in [6, 6.07) is 48.1. The maximum absolute atomic E-state index is 2.39. The number of hydrogen-bond acceptors (Lipinski definition) is 0. The van der Waals surface area contributed by atoms with E-state index in [4.69, 9.17) is 0 Å². The van der Waals surface area contributed by atoms with Crippen LogP contribution in [0.25, 0.3) is 67.9 Å². The van der Waals surface area contributed by atoms with Gasteiger partial charge in [0.1, 0.15) is 0 Å². The van der Waals surface area contributed by atoms with Crippen molar-refractivity contribution in [3.05, 3.63) is 167 Å². The Labute approximate surface area is 283 Å². The van der Waals surface area contributed by atoms with Gasteiger partial charge in [-0.2, -0.15) is 0 Å². The number of hydrogen-bond donors (Lipinski definition) is 0. The summed E-state index contributed by atoms with van der Waals surface area (Å²) in [7, 11) is 0. The Morgan fingerprint density at radius 1 is 0.375 bits per heavy atom. The van der Waals surface area contributed by atoms with Gasteiger partial charge in [0.05, 0.1) is 0 Å². The molecule has 0 bridgehead atoms. The molecule has 2 aromatic heterocycles. The average Bonchev–Trinajstić information content (AvgIpc) is 3.63. The largest absolute Gasteiger partial charge is 0.341 e. The second-order valence-electron chi connectivity index (χ2n) is 12.6. The first-order valence-electron chi connectivity index (χ1n) is 17.0. The van der Waals surface area contributed by atoms with Gasteiger partial charge in [-0.25, -0.2) is 0 Å². The Bertz CT molecular complexity index is 2240. The molecule has 0 fully saturated rings. The molecule has 236 valence electrons. The van der Waals surface area contributed by atoms with Gasteiger partial charge in [-0.05, 0) is 86.3 Å². The molecule has 6 aromatic carbocycles. The van der Waals surface area contributed by atoms with Gasteiger partial charge in [-0.15, -0.1) is 0 Å². The molecule has 8 rings (SSSR count). The van der Waals surface area contributed by atoms with E-state index in [1.54, 1.807) is 0 Å². The third-order valence-electron chi connectivity index (χ3n) is 9.32. The lowest BCUT2D eigenvalue weighted by molar-refractivity contribution is 0.827. The van der Waals surface area contributed by atoms with Gasteiger partial charge in [0, 0.05) is 56.7 Å². The molecule has 0 aliphatic carbocycles. The van der Waals surface area contributed by atoms with Crippen LogP contribution in [0.15, 0.2) is 133 Å². The lowest BCUT2D eigenvalue weighted by Gasteiger charge is -2.02. The minimum atomic E-state index is 0.989. The molecule has 0 radical (unpaired) electrons. The molecule has 0 saturated heterocycles. The molecule has 48 heavy (non-hydrogen) atoms. The van der Waals surface area contributed by atoms with Gasteiger partial charge in [0.25, 0.3) is 0 Å². The zero-order valence-corrected chi connectivity index (χ0v) is 28.3. The summed E-state index contributed by atoms with van der Waals surface area (Å²) >= 11 is 0. The standard InChI is InChI=1S/2C23H21N/c2*1-3-24-22-7-5-4-6-20(22)21-16-19(14-15-23(21)24)13-12-18-10-8-17(2)9-11-18/h2*4-16H,3H2,1-2H3/b2*13-12+. The molecule has 2 nitrogen and oxygen atoms in total. The van der Waals surface area contributed by atoms with E-state index in [9.17, 15) is 0 Å². The molecule has 0 N–H and O–H groups in total. The summed E-state index contributed by atoms with van der Waals surface area (Å²) in [5, 5.41) is 5.33. The highest BCUT2D eigenvalue weighted by Crippen LogP contribution is 2.31. The lowest BCUT2D eigenvalue weighted by Crippen LogP contribution is -1.92. The van der Waals surface area contributed by atoms with E-state index >= 15 is 0 Å². The summed E-state index contributed by atoms with van der Waals surface area (Å²) in [5.74, 6) is 0. The zero-order valence-electron chi connectivity index (χ0n) is 28.3. The minimum Gasteiger partial charge on any atom is -0.341 e. The first-order chi connectivity index (χ1) is 23.5. The van der Waals surface area contributed by atoms with Gasteiger partial charge >= 0.3 is 0 Å². The van der Waals surface area contributed by atoms with Crippen molar-refractivity contribution in [2.45, 2.75) is 40.8 Å². The average molecular weight is 623 g/mol. The maximum Gasteiger partial charge on any atom is 0.0491 e. The summed E-state index contributed by atoms with van der Waals surface area (Å²) in [5.41, 5.74) is 12.8. The van der Waals surface area contributed by atoms with Crippen molar-refractivity contribution in [1.29, 1.82) is 0 Å². The summed E-state index contributed by atoms with van der Waals surface area (Å²) < 4.78 is 4.77. The number of benzene rings is 6. The summed E-state index contributed by atoms with van der Waals surface area (Å²) in [6.07, 6.45) is 8.75. The SMILES string of the molecule is CCn1c2ccccc2c2cc(/C=C/c3ccc(C)cc3)ccc21.CCn1c2ccccc2c2cc(/C=C/c3ccc(C)cc3)ccc21. The van der Waals surface area contributed by atoms with Crippen LogP contribution in [0.5, 0.6) is 0 Å². The molecular formula is C46H42N2. The third kappa shape index (κ3) is 6.22. The molecule has 0 aliphatic heterocycles. The summed E-state index contributed by atoms with van der Waals surface area (Å²) in [4.78, 5) is 0. The number of para-hydroxylation sites is 2. The molecule has 8 aromatic rings. The van der Waals surface area contributed by atoms with Crippen molar-refractivity contribution < 1.29 is 0 Å². The molecule has 2 heterocycles. The molecule has 0 aliphatic rings. The number of aryl methyl sites for hydroxylation is 4. The summed E-state index contributed by atoms with van der Waals surface area (Å²) in [6.45, 7) is 10.6. The smallest absolute Gasteiger partial charge is 0.0491 e. The van der Waals surface area contributed by atoms with E-state index in [0.29, 0.717) is 0 Å². The van der Waals surface area contributed by atoms with Crippen LogP contribution in [0, 0.1) is 13.8 Å². The van der Waals surface area contributed by atoms with E-state index < -0.39 is 0 Å². The Morgan fingerprint density at radius 3 is 1.10 bits per heavy atom. The van der Waals surface area contributed by atoms with Gasteiger partial charge in [-0.1, -0.05) is 132 Å². The number of aromatic nitrogens is 2. The van der Waals surface area contributed by atoms with Crippen LogP contribution < -0.4 is 0 Å².